The zero-order chi connectivity index (χ0) is 21.3. The maximum Gasteiger partial charge on any atom is 0.401 e. The van der Waals surface area contributed by atoms with Gasteiger partial charge in [0.05, 0.1) is 23.9 Å². The lowest BCUT2D eigenvalue weighted by molar-refractivity contribution is -0.126. The Bertz CT molecular complexity index is 1070. The standard InChI is InChI=1S/C19H22F3N7O/c1-28-15-9-24-18(29-7-6-23-11-29)27-17(15)14(8-16(28)30)26-13-4-2-12(3-5-13)25-10-19(20,21)22/h6-9,11-13,25-26H,2-5,10H2,1H3. The minimum atomic E-state index is -4.20. The van der Waals surface area contributed by atoms with Crippen molar-refractivity contribution in [3.63, 3.8) is 0 Å². The van der Waals surface area contributed by atoms with Crippen LogP contribution in [0.2, 0.25) is 0 Å². The number of anilines is 1. The second-order valence-corrected chi connectivity index (χ2v) is 7.52. The van der Waals surface area contributed by atoms with Gasteiger partial charge in [0.1, 0.15) is 11.8 Å². The number of hydrogen-bond donors (Lipinski definition) is 2. The summed E-state index contributed by atoms with van der Waals surface area (Å²) < 4.78 is 40.4. The number of pyridine rings is 1. The topological polar surface area (TPSA) is 89.7 Å². The van der Waals surface area contributed by atoms with Gasteiger partial charge in [-0.1, -0.05) is 0 Å². The van der Waals surface area contributed by atoms with Crippen molar-refractivity contribution in [3.8, 4) is 5.95 Å². The van der Waals surface area contributed by atoms with E-state index < -0.39 is 12.7 Å². The molecule has 1 aliphatic rings. The highest BCUT2D eigenvalue weighted by molar-refractivity contribution is 5.87. The van der Waals surface area contributed by atoms with Crippen LogP contribution in [0.1, 0.15) is 25.7 Å². The van der Waals surface area contributed by atoms with Crippen molar-refractivity contribution in [1.29, 1.82) is 0 Å². The van der Waals surface area contributed by atoms with Crippen LogP contribution in [0.25, 0.3) is 17.0 Å². The molecule has 1 saturated carbocycles. The number of imidazole rings is 1. The number of nitrogens with zero attached hydrogens (tertiary/aromatic N) is 5. The van der Waals surface area contributed by atoms with Crippen LogP contribution in [0.4, 0.5) is 18.9 Å². The van der Waals surface area contributed by atoms with E-state index in [1.807, 2.05) is 0 Å². The summed E-state index contributed by atoms with van der Waals surface area (Å²) in [5, 5.41) is 5.96. The molecular formula is C19H22F3N7O. The summed E-state index contributed by atoms with van der Waals surface area (Å²) in [6, 6.07) is 1.40. The molecule has 11 heteroatoms. The SMILES string of the molecule is Cn1c(=O)cc(NC2CCC(NCC(F)(F)F)CC2)c2nc(-n3ccnc3)ncc21. The molecule has 3 heterocycles. The van der Waals surface area contributed by atoms with E-state index in [1.54, 1.807) is 36.5 Å². The van der Waals surface area contributed by atoms with Crippen LogP contribution in [0.15, 0.2) is 35.8 Å². The van der Waals surface area contributed by atoms with Crippen molar-refractivity contribution in [3.05, 3.63) is 41.3 Å². The predicted octanol–water partition coefficient (Wildman–Crippen LogP) is 2.39. The Hall–Kier alpha value is -2.95. The molecule has 8 nitrogen and oxygen atoms in total. The number of aryl methyl sites for hydroxylation is 1. The van der Waals surface area contributed by atoms with Gasteiger partial charge in [-0.05, 0) is 25.7 Å². The van der Waals surface area contributed by atoms with Gasteiger partial charge >= 0.3 is 6.18 Å². The fourth-order valence-corrected chi connectivity index (χ4v) is 3.75. The number of nitrogens with one attached hydrogen (secondary N) is 2. The summed E-state index contributed by atoms with van der Waals surface area (Å²) in [6.45, 7) is -0.969. The fraction of sp³-hybridized carbons (Fsp3) is 0.474. The maximum absolute atomic E-state index is 12.4. The number of aromatic nitrogens is 5. The minimum Gasteiger partial charge on any atom is -0.380 e. The molecule has 3 aromatic heterocycles. The molecule has 1 aliphatic carbocycles. The van der Waals surface area contributed by atoms with E-state index in [9.17, 15) is 18.0 Å². The van der Waals surface area contributed by atoms with Crippen LogP contribution < -0.4 is 16.2 Å². The third-order valence-corrected chi connectivity index (χ3v) is 5.38. The molecule has 0 unspecified atom stereocenters. The van der Waals surface area contributed by atoms with Crippen LogP contribution in [-0.4, -0.2) is 48.9 Å². The first-order valence-electron chi connectivity index (χ1n) is 9.72. The second kappa shape index (κ2) is 8.05. The fourth-order valence-electron chi connectivity index (χ4n) is 3.75. The lowest BCUT2D eigenvalue weighted by Gasteiger charge is -2.30. The highest BCUT2D eigenvalue weighted by Gasteiger charge is 2.29. The van der Waals surface area contributed by atoms with E-state index in [-0.39, 0.29) is 17.6 Å². The Morgan fingerprint density at radius 1 is 1.20 bits per heavy atom. The first-order chi connectivity index (χ1) is 14.3. The normalized spacial score (nSPS) is 19.9. The van der Waals surface area contributed by atoms with Crippen LogP contribution in [0.5, 0.6) is 0 Å². The summed E-state index contributed by atoms with van der Waals surface area (Å²) in [4.78, 5) is 25.3. The highest BCUT2D eigenvalue weighted by Crippen LogP contribution is 2.26. The number of alkyl halides is 3. The molecule has 0 radical (unpaired) electrons. The van der Waals surface area contributed by atoms with E-state index in [0.717, 1.165) is 0 Å². The first-order valence-corrected chi connectivity index (χ1v) is 9.72. The molecule has 0 saturated heterocycles. The largest absolute Gasteiger partial charge is 0.401 e. The molecule has 30 heavy (non-hydrogen) atoms. The smallest absolute Gasteiger partial charge is 0.380 e. The Labute approximate surface area is 170 Å². The zero-order valence-corrected chi connectivity index (χ0v) is 16.4. The third kappa shape index (κ3) is 4.45. The van der Waals surface area contributed by atoms with Crippen molar-refractivity contribution < 1.29 is 13.2 Å². The number of rotatable bonds is 5. The van der Waals surface area contributed by atoms with Gasteiger partial charge in [-0.2, -0.15) is 13.2 Å². The van der Waals surface area contributed by atoms with Crippen molar-refractivity contribution >= 4 is 16.7 Å². The van der Waals surface area contributed by atoms with Gasteiger partial charge in [0.25, 0.3) is 5.56 Å². The highest BCUT2D eigenvalue weighted by atomic mass is 19.4. The maximum atomic E-state index is 12.4. The summed E-state index contributed by atoms with van der Waals surface area (Å²) in [5.74, 6) is 0.432. The van der Waals surface area contributed by atoms with Gasteiger partial charge < -0.3 is 15.2 Å². The molecule has 0 aromatic carbocycles. The molecule has 0 aliphatic heterocycles. The van der Waals surface area contributed by atoms with Crippen LogP contribution >= 0.6 is 0 Å². The predicted molar refractivity (Wildman–Crippen MR) is 106 cm³/mol. The van der Waals surface area contributed by atoms with Crippen molar-refractivity contribution in [2.45, 2.75) is 43.9 Å². The van der Waals surface area contributed by atoms with Gasteiger partial charge in [0.2, 0.25) is 5.95 Å². The Kier molecular flexibility index (Phi) is 5.46. The molecule has 0 bridgehead atoms. The van der Waals surface area contributed by atoms with Crippen LogP contribution in [0.3, 0.4) is 0 Å². The first kappa shape index (κ1) is 20.3. The lowest BCUT2D eigenvalue weighted by atomic mass is 9.91. The average molecular weight is 421 g/mol. The monoisotopic (exact) mass is 421 g/mol. The number of hydrogen-bond acceptors (Lipinski definition) is 6. The summed E-state index contributed by atoms with van der Waals surface area (Å²) >= 11 is 0. The molecule has 3 aromatic rings. The Morgan fingerprint density at radius 3 is 2.60 bits per heavy atom. The number of fused-ring (bicyclic) bond motifs is 1. The summed E-state index contributed by atoms with van der Waals surface area (Å²) in [7, 11) is 1.66. The van der Waals surface area contributed by atoms with Crippen LogP contribution in [-0.2, 0) is 7.05 Å². The van der Waals surface area contributed by atoms with Crippen molar-refractivity contribution in [1.82, 2.24) is 29.4 Å². The average Bonchev–Trinajstić information content (AvgIpc) is 3.25. The zero-order valence-electron chi connectivity index (χ0n) is 16.4. The van der Waals surface area contributed by atoms with E-state index in [4.69, 9.17) is 0 Å². The third-order valence-electron chi connectivity index (χ3n) is 5.38. The van der Waals surface area contributed by atoms with Gasteiger partial charge in [0, 0.05) is 37.6 Å². The lowest BCUT2D eigenvalue weighted by Crippen LogP contribution is -2.41. The minimum absolute atomic E-state index is 0.0518. The van der Waals surface area contributed by atoms with Crippen molar-refractivity contribution in [2.24, 2.45) is 7.05 Å². The van der Waals surface area contributed by atoms with Crippen molar-refractivity contribution in [2.75, 3.05) is 11.9 Å². The van der Waals surface area contributed by atoms with Gasteiger partial charge in [-0.3, -0.25) is 9.36 Å². The number of halogens is 3. The molecule has 0 spiro atoms. The van der Waals surface area contributed by atoms with E-state index in [0.29, 0.717) is 48.4 Å². The van der Waals surface area contributed by atoms with E-state index in [2.05, 4.69) is 25.6 Å². The van der Waals surface area contributed by atoms with Gasteiger partial charge in [-0.15, -0.1) is 0 Å². The molecular weight excluding hydrogens is 399 g/mol. The molecule has 0 amide bonds. The quantitative estimate of drug-likeness (QED) is 0.658. The Morgan fingerprint density at radius 2 is 1.93 bits per heavy atom. The molecule has 2 N–H and O–H groups in total. The van der Waals surface area contributed by atoms with Gasteiger partial charge in [0.15, 0.2) is 0 Å². The van der Waals surface area contributed by atoms with E-state index in [1.165, 1.54) is 10.6 Å². The molecule has 1 fully saturated rings. The molecule has 4 rings (SSSR count). The molecule has 160 valence electrons. The van der Waals surface area contributed by atoms with Gasteiger partial charge in [-0.25, -0.2) is 15.0 Å². The summed E-state index contributed by atoms with van der Waals surface area (Å²) in [6.07, 6.45) is 5.00. The van der Waals surface area contributed by atoms with Crippen LogP contribution in [0, 0.1) is 0 Å². The van der Waals surface area contributed by atoms with E-state index >= 15 is 0 Å². The second-order valence-electron chi connectivity index (χ2n) is 7.52. The molecule has 0 atom stereocenters. The summed E-state index contributed by atoms with van der Waals surface area (Å²) in [5.41, 5.74) is 1.61. The Balaban J connectivity index is 1.53.